The van der Waals surface area contributed by atoms with Crippen LogP contribution >= 0.6 is 16.3 Å². The number of fused-ring (bicyclic) bond motifs is 2. The van der Waals surface area contributed by atoms with Gasteiger partial charge in [-0.3, -0.25) is 0 Å². The molecular weight excluding hydrogens is 791 g/mol. The lowest BCUT2D eigenvalue weighted by Crippen LogP contribution is -2.17. The Morgan fingerprint density at radius 3 is 1.02 bits per heavy atom. The van der Waals surface area contributed by atoms with Crippen molar-refractivity contribution in [2.24, 2.45) is 0 Å². The Hall–Kier alpha value is -6.82. The van der Waals surface area contributed by atoms with Gasteiger partial charge in [0.25, 0.3) is 0 Å². The summed E-state index contributed by atoms with van der Waals surface area (Å²) in [4.78, 5) is 0. The average molecular weight is 835 g/mol. The van der Waals surface area contributed by atoms with Crippen molar-refractivity contribution in [1.82, 2.24) is 0 Å². The van der Waals surface area contributed by atoms with Gasteiger partial charge in [0.2, 0.25) is 0 Å². The first-order valence-electron chi connectivity index (χ1n) is 21.0. The molecule has 0 N–H and O–H groups in total. The minimum absolute atomic E-state index is 0.824. The van der Waals surface area contributed by atoms with Gasteiger partial charge in [-0.05, 0) is 58.7 Å². The monoisotopic (exact) mass is 834 g/mol. The van der Waals surface area contributed by atoms with Crippen LogP contribution in [0, 0.1) is 13.8 Å². The lowest BCUT2D eigenvalue weighted by Gasteiger charge is -2.28. The summed E-state index contributed by atoms with van der Waals surface area (Å²) < 4.78 is 15.7. The van der Waals surface area contributed by atoms with Crippen LogP contribution in [-0.4, -0.2) is 0 Å². The second-order valence-corrected chi connectivity index (χ2v) is 19.2. The summed E-state index contributed by atoms with van der Waals surface area (Å²) in [6.07, 6.45) is 0. The Morgan fingerprint density at radius 1 is 0.306 bits per heavy atom. The van der Waals surface area contributed by atoms with Gasteiger partial charge in [0.15, 0.2) is 16.3 Å². The molecule has 0 unspecified atom stereocenters. The molecule has 0 bridgehead atoms. The van der Waals surface area contributed by atoms with Crippen LogP contribution in [0.2, 0.25) is 0 Å². The summed E-state index contributed by atoms with van der Waals surface area (Å²) >= 11 is 0. The van der Waals surface area contributed by atoms with Crippen LogP contribution in [0.15, 0.2) is 231 Å². The molecule has 62 heavy (non-hydrogen) atoms. The molecule has 0 aromatic heterocycles. The molecule has 0 spiro atoms. The van der Waals surface area contributed by atoms with Crippen molar-refractivity contribution in [3.63, 3.8) is 0 Å². The smallest absolute Gasteiger partial charge is 0.150 e. The molecule has 0 heterocycles. The van der Waals surface area contributed by atoms with E-state index in [1.54, 1.807) is 0 Å². The first-order chi connectivity index (χ1) is 30.6. The Bertz CT molecular complexity index is 3040. The van der Waals surface area contributed by atoms with Gasteiger partial charge in [-0.1, -0.05) is 230 Å². The van der Waals surface area contributed by atoms with Crippen molar-refractivity contribution < 1.29 is 9.05 Å². The molecule has 298 valence electrons. The number of hydrogen-bond donors (Lipinski definition) is 0. The van der Waals surface area contributed by atoms with Crippen molar-refractivity contribution in [3.05, 3.63) is 242 Å². The molecule has 10 rings (SSSR count). The summed E-state index contributed by atoms with van der Waals surface area (Å²) in [5, 5.41) is 8.97. The summed E-state index contributed by atoms with van der Waals surface area (Å²) in [6.45, 7) is 4.36. The molecule has 0 aliphatic carbocycles. The number of benzene rings is 10. The standard InChI is InChI=1S/C58H44O2P2/c1-41-36-42(2)38-46(37-41)54-40-45-25-19-21-35-52(45)56(58(54)60-62(49-30-14-6-15-31-49)50-32-16-7-17-33-50)55-51-34-20-18-24-44(51)39-53(43-22-8-3-9-23-43)57(55)59-61(47-26-10-4-11-27-47)48-28-12-5-13-29-48/h3-40H,1-2H3. The fourth-order valence-electron chi connectivity index (χ4n) is 8.47. The first kappa shape index (κ1) is 39.3. The number of aryl methyl sites for hydroxylation is 2. The molecule has 2 nitrogen and oxygen atoms in total. The van der Waals surface area contributed by atoms with Gasteiger partial charge in [-0.15, -0.1) is 0 Å². The van der Waals surface area contributed by atoms with E-state index in [2.05, 4.69) is 244 Å². The molecule has 10 aromatic rings. The number of rotatable bonds is 11. The lowest BCUT2D eigenvalue weighted by molar-refractivity contribution is 0.626. The largest absolute Gasteiger partial charge is 0.463 e. The van der Waals surface area contributed by atoms with Crippen LogP contribution in [0.1, 0.15) is 11.1 Å². The van der Waals surface area contributed by atoms with Crippen LogP contribution in [0.3, 0.4) is 0 Å². The zero-order valence-electron chi connectivity index (χ0n) is 34.7. The molecule has 4 heteroatoms. The van der Waals surface area contributed by atoms with Gasteiger partial charge >= 0.3 is 0 Å². The van der Waals surface area contributed by atoms with Gasteiger partial charge in [-0.2, -0.15) is 0 Å². The second-order valence-electron chi connectivity index (χ2n) is 15.6. The molecule has 0 fully saturated rings. The maximum Gasteiger partial charge on any atom is 0.150 e. The highest BCUT2D eigenvalue weighted by atomic mass is 31.1. The molecular formula is C58H44O2P2. The highest BCUT2D eigenvalue weighted by Crippen LogP contribution is 2.57. The minimum Gasteiger partial charge on any atom is -0.463 e. The fourth-order valence-corrected chi connectivity index (χ4v) is 12.0. The van der Waals surface area contributed by atoms with Gasteiger partial charge in [-0.25, -0.2) is 0 Å². The van der Waals surface area contributed by atoms with Crippen molar-refractivity contribution in [3.8, 4) is 44.9 Å². The highest BCUT2D eigenvalue weighted by molar-refractivity contribution is 7.69. The summed E-state index contributed by atoms with van der Waals surface area (Å²) in [6, 6.07) is 82.4. The number of hydrogen-bond acceptors (Lipinski definition) is 2. The predicted octanol–water partition coefficient (Wildman–Crippen LogP) is 14.5. The van der Waals surface area contributed by atoms with E-state index < -0.39 is 16.3 Å². The van der Waals surface area contributed by atoms with E-state index in [-0.39, 0.29) is 0 Å². The quantitative estimate of drug-likeness (QED) is 0.121. The summed E-state index contributed by atoms with van der Waals surface area (Å²) in [7, 11) is -2.68. The third-order valence-corrected chi connectivity index (χ3v) is 15.0. The van der Waals surface area contributed by atoms with E-state index in [9.17, 15) is 0 Å². The Balaban J connectivity index is 1.37. The van der Waals surface area contributed by atoms with E-state index in [1.807, 2.05) is 0 Å². The van der Waals surface area contributed by atoms with E-state index in [4.69, 9.17) is 9.05 Å². The third-order valence-electron chi connectivity index (χ3n) is 11.2. The van der Waals surface area contributed by atoms with E-state index in [0.717, 1.165) is 87.6 Å². The predicted molar refractivity (Wildman–Crippen MR) is 267 cm³/mol. The van der Waals surface area contributed by atoms with Gasteiger partial charge in [0, 0.05) is 43.5 Å². The SMILES string of the molecule is Cc1cc(C)cc(-c2cc3ccccc3c(-c3c(OP(c4ccccc4)c4ccccc4)c(-c4ccccc4)cc4ccccc34)c2OP(c2ccccc2)c2ccccc2)c1. The van der Waals surface area contributed by atoms with Crippen LogP contribution < -0.4 is 30.3 Å². The maximum atomic E-state index is 7.88. The molecule has 0 saturated carbocycles. The van der Waals surface area contributed by atoms with Crippen molar-refractivity contribution in [2.75, 3.05) is 0 Å². The van der Waals surface area contributed by atoms with Gasteiger partial charge in [0.05, 0.1) is 0 Å². The molecule has 10 aromatic carbocycles. The Kier molecular flexibility index (Phi) is 11.2. The zero-order chi connectivity index (χ0) is 41.8. The maximum absolute atomic E-state index is 7.88. The van der Waals surface area contributed by atoms with Crippen molar-refractivity contribution >= 4 is 59.1 Å². The Morgan fingerprint density at radius 2 is 0.629 bits per heavy atom. The summed E-state index contributed by atoms with van der Waals surface area (Å²) in [5.74, 6) is 1.65. The normalized spacial score (nSPS) is 11.4. The van der Waals surface area contributed by atoms with Crippen LogP contribution in [0.4, 0.5) is 0 Å². The van der Waals surface area contributed by atoms with E-state index in [1.165, 1.54) is 11.1 Å². The molecule has 0 amide bonds. The van der Waals surface area contributed by atoms with E-state index in [0.29, 0.717) is 0 Å². The minimum atomic E-state index is -1.34. The fraction of sp³-hybridized carbons (Fsp3) is 0.0345. The van der Waals surface area contributed by atoms with Crippen molar-refractivity contribution in [1.29, 1.82) is 0 Å². The van der Waals surface area contributed by atoms with Gasteiger partial charge < -0.3 is 9.05 Å². The van der Waals surface area contributed by atoms with Gasteiger partial charge in [0.1, 0.15) is 11.5 Å². The van der Waals surface area contributed by atoms with Crippen LogP contribution in [0.5, 0.6) is 11.5 Å². The van der Waals surface area contributed by atoms with Crippen LogP contribution in [-0.2, 0) is 0 Å². The van der Waals surface area contributed by atoms with Crippen molar-refractivity contribution in [2.45, 2.75) is 13.8 Å². The molecule has 0 atom stereocenters. The molecule has 0 saturated heterocycles. The van der Waals surface area contributed by atoms with Crippen LogP contribution in [0.25, 0.3) is 54.9 Å². The second kappa shape index (κ2) is 17.6. The van der Waals surface area contributed by atoms with E-state index >= 15 is 0 Å². The molecule has 0 aliphatic rings. The zero-order valence-corrected chi connectivity index (χ0v) is 36.4. The summed E-state index contributed by atoms with van der Waals surface area (Å²) in [5.41, 5.74) is 8.68. The first-order valence-corrected chi connectivity index (χ1v) is 23.5. The topological polar surface area (TPSA) is 18.5 Å². The molecule has 0 radical (unpaired) electrons. The lowest BCUT2D eigenvalue weighted by atomic mass is 9.86. The third kappa shape index (κ3) is 7.92. The highest BCUT2D eigenvalue weighted by Gasteiger charge is 2.30. The Labute approximate surface area is 366 Å². The average Bonchev–Trinajstić information content (AvgIpc) is 3.33. The molecule has 0 aliphatic heterocycles.